The summed E-state index contributed by atoms with van der Waals surface area (Å²) in [5.74, 6) is -0.882. The van der Waals surface area contributed by atoms with Crippen LogP contribution in [0, 0.1) is 12.7 Å². The summed E-state index contributed by atoms with van der Waals surface area (Å²) in [5.41, 5.74) is 0.449. The Bertz CT molecular complexity index is 1190. The number of aryl methyl sites for hydroxylation is 1. The van der Waals surface area contributed by atoms with Crippen LogP contribution < -0.4 is 10.9 Å². The molecule has 3 amide bonds. The second-order valence-electron chi connectivity index (χ2n) is 7.03. The number of fused-ring (bicyclic) bond motifs is 1. The summed E-state index contributed by atoms with van der Waals surface area (Å²) in [6.07, 6.45) is 0.298. The standard InChI is InChI=1S/C21H19FN4O3/c1-3-21(14-7-9-15(22)10-8-14)19(28)25(20(29)24-21)12-16-11-18(27)26-13(2)5-4-6-17(26)23-16/h4-11H,3,12H2,1-2H3,(H,24,29). The molecule has 1 fully saturated rings. The molecular formula is C21H19FN4O3. The number of hydrogen-bond donors (Lipinski definition) is 1. The molecule has 0 aliphatic carbocycles. The van der Waals surface area contributed by atoms with E-state index in [4.69, 9.17) is 0 Å². The minimum atomic E-state index is -1.27. The van der Waals surface area contributed by atoms with Crippen molar-refractivity contribution in [3.63, 3.8) is 0 Å². The van der Waals surface area contributed by atoms with E-state index in [1.54, 1.807) is 32.0 Å². The largest absolute Gasteiger partial charge is 0.325 e. The zero-order valence-electron chi connectivity index (χ0n) is 16.0. The first-order valence-corrected chi connectivity index (χ1v) is 9.24. The topological polar surface area (TPSA) is 83.8 Å². The molecular weight excluding hydrogens is 375 g/mol. The third kappa shape index (κ3) is 2.97. The molecule has 3 heterocycles. The highest BCUT2D eigenvalue weighted by molar-refractivity contribution is 6.07. The average molecular weight is 394 g/mol. The number of nitrogens with zero attached hydrogens (tertiary/aromatic N) is 3. The van der Waals surface area contributed by atoms with Crippen molar-refractivity contribution in [3.8, 4) is 0 Å². The van der Waals surface area contributed by atoms with Crippen molar-refractivity contribution in [2.75, 3.05) is 0 Å². The maximum Gasteiger partial charge on any atom is 0.325 e. The Labute approximate surface area is 165 Å². The molecule has 1 saturated heterocycles. The summed E-state index contributed by atoms with van der Waals surface area (Å²) in [7, 11) is 0. The van der Waals surface area contributed by atoms with E-state index in [0.717, 1.165) is 10.6 Å². The van der Waals surface area contributed by atoms with Gasteiger partial charge in [-0.05, 0) is 43.2 Å². The maximum absolute atomic E-state index is 13.3. The van der Waals surface area contributed by atoms with E-state index in [9.17, 15) is 18.8 Å². The number of hydrogen-bond acceptors (Lipinski definition) is 4. The Morgan fingerprint density at radius 2 is 1.83 bits per heavy atom. The number of amides is 3. The Kier molecular flexibility index (Phi) is 4.41. The molecule has 3 aromatic rings. The zero-order chi connectivity index (χ0) is 20.8. The minimum absolute atomic E-state index is 0.132. The van der Waals surface area contributed by atoms with Gasteiger partial charge in [-0.3, -0.25) is 18.9 Å². The van der Waals surface area contributed by atoms with Gasteiger partial charge in [0.15, 0.2) is 0 Å². The molecule has 1 unspecified atom stereocenters. The van der Waals surface area contributed by atoms with E-state index in [2.05, 4.69) is 10.3 Å². The minimum Gasteiger partial charge on any atom is -0.319 e. The number of pyridine rings is 1. The van der Waals surface area contributed by atoms with Crippen LogP contribution in [0.25, 0.3) is 5.65 Å². The summed E-state index contributed by atoms with van der Waals surface area (Å²) in [5, 5.41) is 2.74. The second kappa shape index (κ2) is 6.80. The first-order chi connectivity index (χ1) is 13.9. The Hall–Kier alpha value is -3.55. The Balaban J connectivity index is 1.70. The van der Waals surface area contributed by atoms with Crippen LogP contribution in [0.4, 0.5) is 9.18 Å². The molecule has 8 heteroatoms. The summed E-state index contributed by atoms with van der Waals surface area (Å²) >= 11 is 0. The van der Waals surface area contributed by atoms with Crippen LogP contribution in [-0.4, -0.2) is 26.2 Å². The summed E-state index contributed by atoms with van der Waals surface area (Å²) in [6, 6.07) is 11.5. The first-order valence-electron chi connectivity index (χ1n) is 9.24. The number of halogens is 1. The second-order valence-corrected chi connectivity index (χ2v) is 7.03. The third-order valence-corrected chi connectivity index (χ3v) is 5.30. The number of nitrogens with one attached hydrogen (secondary N) is 1. The molecule has 1 atom stereocenters. The van der Waals surface area contributed by atoms with E-state index in [0.29, 0.717) is 23.3 Å². The van der Waals surface area contributed by atoms with Crippen molar-refractivity contribution in [2.24, 2.45) is 0 Å². The number of carbonyl (C=O) groups excluding carboxylic acids is 2. The predicted octanol–water partition coefficient (Wildman–Crippen LogP) is 2.50. The lowest BCUT2D eigenvalue weighted by molar-refractivity contribution is -0.132. The van der Waals surface area contributed by atoms with E-state index in [-0.39, 0.29) is 12.1 Å². The van der Waals surface area contributed by atoms with Crippen LogP contribution in [0.1, 0.15) is 30.3 Å². The summed E-state index contributed by atoms with van der Waals surface area (Å²) in [6.45, 7) is 3.44. The predicted molar refractivity (Wildman–Crippen MR) is 104 cm³/mol. The Morgan fingerprint density at radius 1 is 1.10 bits per heavy atom. The molecule has 148 valence electrons. The van der Waals surface area contributed by atoms with Gasteiger partial charge >= 0.3 is 6.03 Å². The fourth-order valence-electron chi connectivity index (χ4n) is 3.75. The van der Waals surface area contributed by atoms with Gasteiger partial charge in [-0.2, -0.15) is 0 Å². The van der Waals surface area contributed by atoms with Crippen LogP contribution in [0.2, 0.25) is 0 Å². The summed E-state index contributed by atoms with van der Waals surface area (Å²) < 4.78 is 14.8. The number of aromatic nitrogens is 2. The van der Waals surface area contributed by atoms with Crippen molar-refractivity contribution in [2.45, 2.75) is 32.4 Å². The molecule has 1 aliphatic rings. The first kappa shape index (κ1) is 18.8. The normalized spacial score (nSPS) is 19.1. The molecule has 1 aromatic carbocycles. The highest BCUT2D eigenvalue weighted by Gasteiger charge is 2.51. The van der Waals surface area contributed by atoms with Gasteiger partial charge in [0.2, 0.25) is 0 Å². The van der Waals surface area contributed by atoms with Crippen molar-refractivity contribution in [1.82, 2.24) is 19.6 Å². The van der Waals surface area contributed by atoms with Gasteiger partial charge in [-0.1, -0.05) is 25.1 Å². The number of benzene rings is 1. The average Bonchev–Trinajstić information content (AvgIpc) is 2.93. The lowest BCUT2D eigenvalue weighted by atomic mass is 9.87. The van der Waals surface area contributed by atoms with Crippen molar-refractivity contribution < 1.29 is 14.0 Å². The third-order valence-electron chi connectivity index (χ3n) is 5.30. The van der Waals surface area contributed by atoms with Crippen LogP contribution in [-0.2, 0) is 16.9 Å². The smallest absolute Gasteiger partial charge is 0.319 e. The van der Waals surface area contributed by atoms with Gasteiger partial charge in [0, 0.05) is 11.8 Å². The quantitative estimate of drug-likeness (QED) is 0.689. The van der Waals surface area contributed by atoms with E-state index >= 15 is 0 Å². The van der Waals surface area contributed by atoms with Crippen LogP contribution in [0.3, 0.4) is 0 Å². The monoisotopic (exact) mass is 394 g/mol. The fraction of sp³-hybridized carbons (Fsp3) is 0.238. The molecule has 1 aliphatic heterocycles. The maximum atomic E-state index is 13.3. The molecule has 0 saturated carbocycles. The van der Waals surface area contributed by atoms with Crippen molar-refractivity contribution in [3.05, 3.63) is 81.7 Å². The number of rotatable bonds is 4. The van der Waals surface area contributed by atoms with Gasteiger partial charge < -0.3 is 5.32 Å². The van der Waals surface area contributed by atoms with Gasteiger partial charge in [-0.25, -0.2) is 14.2 Å². The van der Waals surface area contributed by atoms with Gasteiger partial charge in [0.25, 0.3) is 11.5 Å². The lowest BCUT2D eigenvalue weighted by Crippen LogP contribution is -2.43. The molecule has 0 spiro atoms. The molecule has 7 nitrogen and oxygen atoms in total. The Morgan fingerprint density at radius 3 is 2.52 bits per heavy atom. The molecule has 1 N–H and O–H groups in total. The van der Waals surface area contributed by atoms with Crippen LogP contribution in [0.5, 0.6) is 0 Å². The number of urea groups is 1. The summed E-state index contributed by atoms with van der Waals surface area (Å²) in [4.78, 5) is 43.8. The number of imide groups is 1. The lowest BCUT2D eigenvalue weighted by Gasteiger charge is -2.25. The van der Waals surface area contributed by atoms with E-state index in [1.807, 2.05) is 0 Å². The van der Waals surface area contributed by atoms with Crippen LogP contribution in [0.15, 0.2) is 53.3 Å². The molecule has 29 heavy (non-hydrogen) atoms. The van der Waals surface area contributed by atoms with Gasteiger partial charge in [0.1, 0.15) is 17.0 Å². The van der Waals surface area contributed by atoms with Crippen molar-refractivity contribution >= 4 is 17.6 Å². The fourth-order valence-corrected chi connectivity index (χ4v) is 3.75. The van der Waals surface area contributed by atoms with Gasteiger partial charge in [-0.15, -0.1) is 0 Å². The molecule has 0 bridgehead atoms. The highest BCUT2D eigenvalue weighted by atomic mass is 19.1. The van der Waals surface area contributed by atoms with Crippen molar-refractivity contribution in [1.29, 1.82) is 0 Å². The molecule has 2 aromatic heterocycles. The van der Waals surface area contributed by atoms with Crippen LogP contribution >= 0.6 is 0 Å². The molecule has 0 radical (unpaired) electrons. The highest BCUT2D eigenvalue weighted by Crippen LogP contribution is 2.33. The molecule has 4 rings (SSSR count). The van der Waals surface area contributed by atoms with E-state index in [1.165, 1.54) is 34.7 Å². The zero-order valence-corrected chi connectivity index (χ0v) is 16.0. The number of carbonyl (C=O) groups is 2. The SMILES string of the molecule is CCC1(c2ccc(F)cc2)NC(=O)N(Cc2cc(=O)n3c(C)cccc3n2)C1=O. The van der Waals surface area contributed by atoms with Gasteiger partial charge in [0.05, 0.1) is 12.2 Å². The van der Waals surface area contributed by atoms with E-state index < -0.39 is 23.3 Å².